The summed E-state index contributed by atoms with van der Waals surface area (Å²) in [6.45, 7) is 4.65. The number of hydrogen-bond acceptors (Lipinski definition) is 2. The first kappa shape index (κ1) is 17.0. The van der Waals surface area contributed by atoms with E-state index in [1.807, 2.05) is 18.2 Å². The van der Waals surface area contributed by atoms with Crippen LogP contribution in [0.3, 0.4) is 0 Å². The van der Waals surface area contributed by atoms with Crippen molar-refractivity contribution in [2.45, 2.75) is 58.0 Å². The lowest BCUT2D eigenvalue weighted by atomic mass is 9.82. The van der Waals surface area contributed by atoms with Gasteiger partial charge in [0.2, 0.25) is 5.91 Å². The van der Waals surface area contributed by atoms with Gasteiger partial charge >= 0.3 is 0 Å². The van der Waals surface area contributed by atoms with Crippen molar-refractivity contribution in [3.05, 3.63) is 35.9 Å². The molecule has 1 aliphatic rings. The summed E-state index contributed by atoms with van der Waals surface area (Å²) >= 11 is 0. The molecule has 1 saturated carbocycles. The third-order valence-electron chi connectivity index (χ3n) is 4.73. The molecule has 2 rings (SSSR count). The van der Waals surface area contributed by atoms with E-state index in [0.29, 0.717) is 18.9 Å². The SMILES string of the molecule is CC(O)CC(CNC(=O)C1CCCC(C)C1)c1ccccc1. The number of benzene rings is 1. The van der Waals surface area contributed by atoms with Gasteiger partial charge < -0.3 is 10.4 Å². The van der Waals surface area contributed by atoms with Crippen molar-refractivity contribution in [3.63, 3.8) is 0 Å². The number of amides is 1. The van der Waals surface area contributed by atoms with Gasteiger partial charge in [-0.1, -0.05) is 50.1 Å². The highest BCUT2D eigenvalue weighted by Gasteiger charge is 2.25. The minimum Gasteiger partial charge on any atom is -0.393 e. The number of hydrogen-bond donors (Lipinski definition) is 2. The minimum absolute atomic E-state index is 0.172. The number of aliphatic hydroxyl groups excluding tert-OH is 1. The van der Waals surface area contributed by atoms with Gasteiger partial charge in [0.05, 0.1) is 6.10 Å². The van der Waals surface area contributed by atoms with Crippen molar-refractivity contribution >= 4 is 5.91 Å². The molecule has 4 atom stereocenters. The Labute approximate surface area is 134 Å². The van der Waals surface area contributed by atoms with Crippen molar-refractivity contribution < 1.29 is 9.90 Å². The Balaban J connectivity index is 1.91. The average Bonchev–Trinajstić information content (AvgIpc) is 2.51. The Hall–Kier alpha value is -1.35. The number of nitrogens with one attached hydrogen (secondary N) is 1. The molecule has 22 heavy (non-hydrogen) atoms. The summed E-state index contributed by atoms with van der Waals surface area (Å²) in [6, 6.07) is 10.2. The fourth-order valence-corrected chi connectivity index (χ4v) is 3.51. The molecule has 0 saturated heterocycles. The van der Waals surface area contributed by atoms with E-state index in [-0.39, 0.29) is 23.8 Å². The maximum absolute atomic E-state index is 12.4. The van der Waals surface area contributed by atoms with Gasteiger partial charge in [-0.3, -0.25) is 4.79 Å². The molecule has 0 spiro atoms. The van der Waals surface area contributed by atoms with E-state index in [9.17, 15) is 9.90 Å². The first-order chi connectivity index (χ1) is 10.6. The molecule has 1 aliphatic carbocycles. The Morgan fingerprint density at radius 3 is 2.68 bits per heavy atom. The van der Waals surface area contributed by atoms with E-state index in [0.717, 1.165) is 19.3 Å². The minimum atomic E-state index is -0.364. The molecule has 0 heterocycles. The number of rotatable bonds is 6. The van der Waals surface area contributed by atoms with E-state index in [4.69, 9.17) is 0 Å². The van der Waals surface area contributed by atoms with Crippen molar-refractivity contribution in [2.75, 3.05) is 6.54 Å². The van der Waals surface area contributed by atoms with Gasteiger partial charge in [-0.2, -0.15) is 0 Å². The van der Waals surface area contributed by atoms with Crippen molar-refractivity contribution in [1.82, 2.24) is 5.32 Å². The maximum Gasteiger partial charge on any atom is 0.223 e. The lowest BCUT2D eigenvalue weighted by Crippen LogP contribution is -2.36. The zero-order chi connectivity index (χ0) is 15.9. The van der Waals surface area contributed by atoms with Crippen LogP contribution in [0.2, 0.25) is 0 Å². The third-order valence-corrected chi connectivity index (χ3v) is 4.73. The first-order valence-electron chi connectivity index (χ1n) is 8.57. The molecule has 1 fully saturated rings. The monoisotopic (exact) mass is 303 g/mol. The molecular formula is C19H29NO2. The van der Waals surface area contributed by atoms with E-state index in [1.165, 1.54) is 12.0 Å². The number of carbonyl (C=O) groups is 1. The molecule has 0 aromatic heterocycles. The molecule has 3 nitrogen and oxygen atoms in total. The number of aliphatic hydroxyl groups is 1. The molecule has 0 bridgehead atoms. The Morgan fingerprint density at radius 2 is 2.05 bits per heavy atom. The summed E-state index contributed by atoms with van der Waals surface area (Å²) in [5.74, 6) is 1.20. The molecule has 1 amide bonds. The van der Waals surface area contributed by atoms with E-state index in [1.54, 1.807) is 6.92 Å². The van der Waals surface area contributed by atoms with Gasteiger partial charge in [0.15, 0.2) is 0 Å². The van der Waals surface area contributed by atoms with Crippen molar-refractivity contribution in [1.29, 1.82) is 0 Å². The van der Waals surface area contributed by atoms with Crippen LogP contribution in [0.4, 0.5) is 0 Å². The van der Waals surface area contributed by atoms with Crippen LogP contribution >= 0.6 is 0 Å². The van der Waals surface area contributed by atoms with Gasteiger partial charge in [0, 0.05) is 18.4 Å². The lowest BCUT2D eigenvalue weighted by molar-refractivity contribution is -0.126. The summed E-state index contributed by atoms with van der Waals surface area (Å²) in [5, 5.41) is 12.8. The standard InChI is InChI=1S/C19H29NO2/c1-14-7-6-10-17(11-14)19(22)20-13-18(12-15(2)21)16-8-4-3-5-9-16/h3-5,8-9,14-15,17-18,21H,6-7,10-13H2,1-2H3,(H,20,22). The second-order valence-corrected chi connectivity index (χ2v) is 6.91. The van der Waals surface area contributed by atoms with Gasteiger partial charge in [-0.25, -0.2) is 0 Å². The molecule has 122 valence electrons. The second-order valence-electron chi connectivity index (χ2n) is 6.91. The second kappa shape index (κ2) is 8.33. The van der Waals surface area contributed by atoms with Crippen LogP contribution in [0.5, 0.6) is 0 Å². The molecule has 3 heteroatoms. The van der Waals surface area contributed by atoms with Crippen LogP contribution in [0.25, 0.3) is 0 Å². The summed E-state index contributed by atoms with van der Waals surface area (Å²) in [4.78, 5) is 12.4. The smallest absolute Gasteiger partial charge is 0.223 e. The maximum atomic E-state index is 12.4. The van der Waals surface area contributed by atoms with Crippen LogP contribution in [0, 0.1) is 11.8 Å². The predicted molar refractivity (Wildman–Crippen MR) is 89.6 cm³/mol. The summed E-state index contributed by atoms with van der Waals surface area (Å²) < 4.78 is 0. The van der Waals surface area contributed by atoms with Crippen LogP contribution < -0.4 is 5.32 Å². The summed E-state index contributed by atoms with van der Waals surface area (Å²) in [5.41, 5.74) is 1.18. The molecule has 0 aliphatic heterocycles. The van der Waals surface area contributed by atoms with Crippen LogP contribution in [0.15, 0.2) is 30.3 Å². The Morgan fingerprint density at radius 1 is 1.32 bits per heavy atom. The van der Waals surface area contributed by atoms with E-state index >= 15 is 0 Å². The molecule has 1 aromatic rings. The molecular weight excluding hydrogens is 274 g/mol. The van der Waals surface area contributed by atoms with Crippen LogP contribution in [0.1, 0.15) is 57.4 Å². The fourth-order valence-electron chi connectivity index (χ4n) is 3.51. The zero-order valence-electron chi connectivity index (χ0n) is 13.8. The topological polar surface area (TPSA) is 49.3 Å². The summed E-state index contributed by atoms with van der Waals surface area (Å²) in [6.07, 6.45) is 4.75. The summed E-state index contributed by atoms with van der Waals surface area (Å²) in [7, 11) is 0. The Kier molecular flexibility index (Phi) is 6.44. The average molecular weight is 303 g/mol. The van der Waals surface area contributed by atoms with Gasteiger partial charge in [-0.15, -0.1) is 0 Å². The molecule has 1 aromatic carbocycles. The molecule has 0 radical (unpaired) electrons. The molecule has 4 unspecified atom stereocenters. The van der Waals surface area contributed by atoms with Gasteiger partial charge in [0.25, 0.3) is 0 Å². The predicted octanol–water partition coefficient (Wildman–Crippen LogP) is 3.48. The highest BCUT2D eigenvalue weighted by Crippen LogP contribution is 2.29. The largest absolute Gasteiger partial charge is 0.393 e. The number of carbonyl (C=O) groups excluding carboxylic acids is 1. The first-order valence-corrected chi connectivity index (χ1v) is 8.57. The van der Waals surface area contributed by atoms with Crippen molar-refractivity contribution in [3.8, 4) is 0 Å². The normalized spacial score (nSPS) is 24.5. The van der Waals surface area contributed by atoms with E-state index < -0.39 is 0 Å². The van der Waals surface area contributed by atoms with Crippen LogP contribution in [-0.2, 0) is 4.79 Å². The highest BCUT2D eigenvalue weighted by molar-refractivity contribution is 5.78. The van der Waals surface area contributed by atoms with Gasteiger partial charge in [0.1, 0.15) is 0 Å². The Bertz CT molecular complexity index is 458. The zero-order valence-corrected chi connectivity index (χ0v) is 13.8. The highest BCUT2D eigenvalue weighted by atomic mass is 16.3. The quantitative estimate of drug-likeness (QED) is 0.845. The van der Waals surface area contributed by atoms with E-state index in [2.05, 4.69) is 24.4 Å². The van der Waals surface area contributed by atoms with Crippen LogP contribution in [-0.4, -0.2) is 23.7 Å². The lowest BCUT2D eigenvalue weighted by Gasteiger charge is -2.27. The van der Waals surface area contributed by atoms with Crippen molar-refractivity contribution in [2.24, 2.45) is 11.8 Å². The van der Waals surface area contributed by atoms with Gasteiger partial charge in [-0.05, 0) is 37.7 Å². The third kappa shape index (κ3) is 5.13. The molecule has 2 N–H and O–H groups in total. The fraction of sp³-hybridized carbons (Fsp3) is 0.632.